The Kier molecular flexibility index (Phi) is 6.34. The molecule has 1 aromatic heterocycles. The van der Waals surface area contributed by atoms with Gasteiger partial charge in [0.15, 0.2) is 0 Å². The molecule has 0 aliphatic carbocycles. The third-order valence-corrected chi connectivity index (χ3v) is 9.52. The molecule has 0 fully saturated rings. The van der Waals surface area contributed by atoms with E-state index in [-0.39, 0.29) is 17.4 Å². The predicted molar refractivity (Wildman–Crippen MR) is 140 cm³/mol. The maximum atomic E-state index is 13.6. The molecule has 3 aromatic carbocycles. The molecule has 0 saturated heterocycles. The number of amides is 1. The molecule has 1 aliphatic rings. The van der Waals surface area contributed by atoms with Crippen molar-refractivity contribution in [2.24, 2.45) is 4.01 Å². The van der Waals surface area contributed by atoms with Crippen LogP contribution >= 0.6 is 0 Å². The number of amidine groups is 1. The molecule has 1 aliphatic heterocycles. The van der Waals surface area contributed by atoms with E-state index in [1.165, 1.54) is 9.04 Å². The zero-order chi connectivity index (χ0) is 25.5. The predicted octanol–water partition coefficient (Wildman–Crippen LogP) is 4.73. The summed E-state index contributed by atoms with van der Waals surface area (Å²) in [6.45, 7) is 5.78. The Balaban J connectivity index is 1.62. The van der Waals surface area contributed by atoms with Crippen molar-refractivity contribution in [2.45, 2.75) is 36.6 Å². The van der Waals surface area contributed by atoms with Gasteiger partial charge >= 0.3 is 217 Å². The molecule has 0 unspecified atom stereocenters. The van der Waals surface area contributed by atoms with Crippen LogP contribution in [0.5, 0.6) is 0 Å². The van der Waals surface area contributed by atoms with E-state index in [2.05, 4.69) is 0 Å². The number of hydrogen-bond donors (Lipinski definition) is 0. The average Bonchev–Trinajstić information content (AvgIpc) is 3.26. The summed E-state index contributed by atoms with van der Waals surface area (Å²) in [5.74, 6) is 0.117. The summed E-state index contributed by atoms with van der Waals surface area (Å²) in [6, 6.07) is 23.5. The Morgan fingerprint density at radius 1 is 0.944 bits per heavy atom. The van der Waals surface area contributed by atoms with Gasteiger partial charge in [0, 0.05) is 0 Å². The SMILES string of the molecule is Cc1ccc(S(=O)(=O)n2cc(C3=N[Se]C(C)(C)C(=O)N3OCc3ccccc3)c3ccccc32)cc1. The van der Waals surface area contributed by atoms with Crippen LogP contribution < -0.4 is 0 Å². The van der Waals surface area contributed by atoms with Gasteiger partial charge in [-0.1, -0.05) is 0 Å². The van der Waals surface area contributed by atoms with Crippen LogP contribution in [0.15, 0.2) is 94.0 Å². The van der Waals surface area contributed by atoms with Gasteiger partial charge in [0.2, 0.25) is 0 Å². The molecule has 184 valence electrons. The number of hydrogen-bond acceptors (Lipinski definition) is 5. The van der Waals surface area contributed by atoms with Gasteiger partial charge in [-0.25, -0.2) is 0 Å². The Hall–Kier alpha value is -3.23. The van der Waals surface area contributed by atoms with Gasteiger partial charge in [-0.15, -0.1) is 0 Å². The molecule has 2 heterocycles. The zero-order valence-corrected chi connectivity index (χ0v) is 22.6. The molecule has 0 bridgehead atoms. The van der Waals surface area contributed by atoms with Crippen LogP contribution in [0.1, 0.15) is 30.5 Å². The number of hydroxylamine groups is 2. The van der Waals surface area contributed by atoms with Crippen LogP contribution in [0.2, 0.25) is 4.31 Å². The number of rotatable bonds is 6. The Labute approximate surface area is 216 Å². The molecule has 4 aromatic rings. The van der Waals surface area contributed by atoms with Crippen LogP contribution in [0.25, 0.3) is 10.9 Å². The van der Waals surface area contributed by atoms with Crippen molar-refractivity contribution in [1.82, 2.24) is 9.04 Å². The standard InChI is InChI=1S/C27H25N3O4SSe/c1-19-13-15-21(16-14-19)35(32,33)29-17-23(22-11-7-8-12-24(22)29)25-28-36-27(2,3)26(31)30(25)34-18-20-9-5-4-6-10-20/h4-17H,18H2,1-3H3. The molecule has 7 nitrogen and oxygen atoms in total. The van der Waals surface area contributed by atoms with Crippen LogP contribution in [0.4, 0.5) is 0 Å². The van der Waals surface area contributed by atoms with Crippen molar-refractivity contribution in [3.05, 3.63) is 102 Å². The fourth-order valence-corrected chi connectivity index (χ4v) is 6.65. The minimum absolute atomic E-state index is 0.176. The maximum absolute atomic E-state index is 13.6. The molecule has 9 heteroatoms. The summed E-state index contributed by atoms with van der Waals surface area (Å²) >= 11 is -0.398. The van der Waals surface area contributed by atoms with E-state index in [0.717, 1.165) is 11.1 Å². The number of aromatic nitrogens is 1. The monoisotopic (exact) mass is 567 g/mol. The topological polar surface area (TPSA) is 81.0 Å². The second-order valence-corrected chi connectivity index (χ2v) is 13.8. The van der Waals surface area contributed by atoms with E-state index in [9.17, 15) is 13.2 Å². The summed E-state index contributed by atoms with van der Waals surface area (Å²) in [6.07, 6.45) is 1.54. The van der Waals surface area contributed by atoms with Crippen molar-refractivity contribution < 1.29 is 18.0 Å². The zero-order valence-electron chi connectivity index (χ0n) is 20.1. The quantitative estimate of drug-likeness (QED) is 0.316. The molecular formula is C27H25N3O4SSe. The Morgan fingerprint density at radius 3 is 2.33 bits per heavy atom. The van der Waals surface area contributed by atoms with Gasteiger partial charge in [-0.2, -0.15) is 0 Å². The molecule has 0 atom stereocenters. The fourth-order valence-electron chi connectivity index (χ4n) is 3.92. The van der Waals surface area contributed by atoms with Crippen LogP contribution in [0, 0.1) is 6.92 Å². The average molecular weight is 567 g/mol. The first-order valence-corrected chi connectivity index (χ1v) is 14.4. The first kappa shape index (κ1) is 24.5. The molecule has 0 saturated carbocycles. The number of benzene rings is 3. The third kappa shape index (κ3) is 4.39. The van der Waals surface area contributed by atoms with Crippen molar-refractivity contribution >= 4 is 47.8 Å². The summed E-state index contributed by atoms with van der Waals surface area (Å²) in [4.78, 5) is 19.7. The first-order valence-electron chi connectivity index (χ1n) is 11.4. The van der Waals surface area contributed by atoms with E-state index in [4.69, 9.17) is 8.85 Å². The van der Waals surface area contributed by atoms with E-state index >= 15 is 0 Å². The second-order valence-electron chi connectivity index (χ2n) is 9.05. The van der Waals surface area contributed by atoms with Crippen molar-refractivity contribution in [3.8, 4) is 0 Å². The van der Waals surface area contributed by atoms with Gasteiger partial charge in [-0.3, -0.25) is 0 Å². The normalized spacial score (nSPS) is 15.8. The van der Waals surface area contributed by atoms with Crippen LogP contribution in [-0.2, 0) is 26.3 Å². The number of carbonyl (C=O) groups is 1. The number of carbonyl (C=O) groups excluding carboxylic acids is 1. The summed E-state index contributed by atoms with van der Waals surface area (Å²) in [7, 11) is -3.89. The molecule has 36 heavy (non-hydrogen) atoms. The van der Waals surface area contributed by atoms with Gasteiger partial charge < -0.3 is 0 Å². The molecule has 5 rings (SSSR count). The van der Waals surface area contributed by atoms with E-state index < -0.39 is 29.5 Å². The number of fused-ring (bicyclic) bond motifs is 1. The van der Waals surface area contributed by atoms with Crippen LogP contribution in [0.3, 0.4) is 0 Å². The Bertz CT molecular complexity index is 1580. The van der Waals surface area contributed by atoms with E-state index in [0.29, 0.717) is 22.3 Å². The summed E-state index contributed by atoms with van der Waals surface area (Å²) < 4.78 is 32.6. The van der Waals surface area contributed by atoms with Gasteiger partial charge in [0.25, 0.3) is 0 Å². The second kappa shape index (κ2) is 9.33. The first-order chi connectivity index (χ1) is 17.2. The molecule has 1 amide bonds. The summed E-state index contributed by atoms with van der Waals surface area (Å²) in [5.41, 5.74) is 2.91. The molecule has 0 N–H and O–H groups in total. The van der Waals surface area contributed by atoms with Crippen molar-refractivity contribution in [3.63, 3.8) is 0 Å². The summed E-state index contributed by atoms with van der Waals surface area (Å²) in [5, 5.41) is 1.91. The Morgan fingerprint density at radius 2 is 1.61 bits per heavy atom. The minimum atomic E-state index is -3.89. The van der Waals surface area contributed by atoms with Crippen molar-refractivity contribution in [2.75, 3.05) is 0 Å². The fraction of sp³-hybridized carbons (Fsp3) is 0.185. The van der Waals surface area contributed by atoms with Crippen LogP contribution in [-0.4, -0.2) is 44.4 Å². The van der Waals surface area contributed by atoms with E-state index in [1.54, 1.807) is 42.6 Å². The molecule has 0 spiro atoms. The number of para-hydroxylation sites is 1. The molecular weight excluding hydrogens is 541 g/mol. The van der Waals surface area contributed by atoms with Gasteiger partial charge in [0.05, 0.1) is 0 Å². The number of aryl methyl sites for hydroxylation is 1. The molecule has 0 radical (unpaired) electrons. The third-order valence-electron chi connectivity index (χ3n) is 5.95. The number of nitrogens with zero attached hydrogens (tertiary/aromatic N) is 3. The van der Waals surface area contributed by atoms with E-state index in [1.807, 2.05) is 63.2 Å². The van der Waals surface area contributed by atoms with Gasteiger partial charge in [0.1, 0.15) is 0 Å². The van der Waals surface area contributed by atoms with Gasteiger partial charge in [-0.05, 0) is 0 Å². The van der Waals surface area contributed by atoms with Crippen molar-refractivity contribution in [1.29, 1.82) is 0 Å².